The summed E-state index contributed by atoms with van der Waals surface area (Å²) in [5.74, 6) is 2.75. The first-order valence-electron chi connectivity index (χ1n) is 11.1. The summed E-state index contributed by atoms with van der Waals surface area (Å²) in [7, 11) is 5.90. The molecule has 2 aromatic heterocycles. The number of rotatable bonds is 9. The van der Waals surface area contributed by atoms with Gasteiger partial charge in [-0.2, -0.15) is 5.10 Å². The topological polar surface area (TPSA) is 85.4 Å². The van der Waals surface area contributed by atoms with Crippen LogP contribution in [-0.2, 0) is 0 Å². The minimum absolute atomic E-state index is 0.613. The molecule has 0 spiro atoms. The van der Waals surface area contributed by atoms with Crippen LogP contribution in [0.15, 0.2) is 46.5 Å². The SMILES string of the molecule is COc1c(Nc2cc(C)[nH]n2)nc(Sc2ccccc2)nc1N1CCN(CCN(C)C)CC1. The Labute approximate surface area is 199 Å². The van der Waals surface area contributed by atoms with Gasteiger partial charge in [0.25, 0.3) is 0 Å². The first-order chi connectivity index (χ1) is 16.0. The van der Waals surface area contributed by atoms with Crippen LogP contribution in [0.3, 0.4) is 0 Å². The Morgan fingerprint density at radius 3 is 2.52 bits per heavy atom. The smallest absolute Gasteiger partial charge is 0.204 e. The van der Waals surface area contributed by atoms with Crippen molar-refractivity contribution in [3.05, 3.63) is 42.1 Å². The molecule has 4 rings (SSSR count). The third-order valence-electron chi connectivity index (χ3n) is 5.47. The van der Waals surface area contributed by atoms with E-state index < -0.39 is 0 Å². The van der Waals surface area contributed by atoms with E-state index in [2.05, 4.69) is 56.4 Å². The second kappa shape index (κ2) is 10.9. The van der Waals surface area contributed by atoms with E-state index in [0.29, 0.717) is 22.5 Å². The van der Waals surface area contributed by atoms with E-state index in [9.17, 15) is 0 Å². The number of aromatic amines is 1. The van der Waals surface area contributed by atoms with Gasteiger partial charge in [-0.15, -0.1) is 0 Å². The van der Waals surface area contributed by atoms with E-state index in [1.54, 1.807) is 7.11 Å². The molecule has 1 aromatic carbocycles. The molecule has 0 unspecified atom stereocenters. The normalized spacial score (nSPS) is 14.6. The maximum Gasteiger partial charge on any atom is 0.204 e. The van der Waals surface area contributed by atoms with Gasteiger partial charge in [-0.1, -0.05) is 18.2 Å². The number of ether oxygens (including phenoxy) is 1. The minimum atomic E-state index is 0.613. The van der Waals surface area contributed by atoms with Gasteiger partial charge >= 0.3 is 0 Å². The standard InChI is InChI=1S/C23H32N8OS/c1-17-16-19(28-27-17)24-21-20(32-4)22(26-23(25-21)33-18-8-6-5-7-9-18)31-14-12-30(13-15-31)11-10-29(2)3/h5-9,16H,10-15H2,1-4H3,(H2,24,25,26,27,28). The number of aromatic nitrogens is 4. The molecule has 0 amide bonds. The number of hydrogen-bond donors (Lipinski definition) is 2. The van der Waals surface area contributed by atoms with Crippen molar-refractivity contribution in [3.63, 3.8) is 0 Å². The van der Waals surface area contributed by atoms with Crippen molar-refractivity contribution in [2.24, 2.45) is 0 Å². The fourth-order valence-corrected chi connectivity index (χ4v) is 4.45. The lowest BCUT2D eigenvalue weighted by molar-refractivity contribution is 0.228. The summed E-state index contributed by atoms with van der Waals surface area (Å²) in [6, 6.07) is 12.1. The second-order valence-corrected chi connectivity index (χ2v) is 9.36. The molecule has 0 radical (unpaired) electrons. The third-order valence-corrected chi connectivity index (χ3v) is 6.34. The third kappa shape index (κ3) is 6.16. The summed E-state index contributed by atoms with van der Waals surface area (Å²) in [5.41, 5.74) is 0.971. The number of anilines is 3. The fourth-order valence-electron chi connectivity index (χ4n) is 3.67. The van der Waals surface area contributed by atoms with Crippen molar-refractivity contribution in [3.8, 4) is 5.75 Å². The monoisotopic (exact) mass is 468 g/mol. The first-order valence-corrected chi connectivity index (χ1v) is 11.9. The molecule has 1 aliphatic heterocycles. The van der Waals surface area contributed by atoms with Crippen LogP contribution in [0.4, 0.5) is 17.5 Å². The Balaban J connectivity index is 1.61. The number of H-pyrrole nitrogens is 1. The van der Waals surface area contributed by atoms with Crippen LogP contribution in [0, 0.1) is 6.92 Å². The maximum atomic E-state index is 5.82. The average Bonchev–Trinajstić information content (AvgIpc) is 3.23. The highest BCUT2D eigenvalue weighted by Gasteiger charge is 2.25. The molecule has 0 bridgehead atoms. The largest absolute Gasteiger partial charge is 0.490 e. The Kier molecular flexibility index (Phi) is 7.69. The molecular formula is C23H32N8OS. The van der Waals surface area contributed by atoms with Gasteiger partial charge in [0.1, 0.15) is 0 Å². The van der Waals surface area contributed by atoms with Gasteiger partial charge < -0.3 is 19.9 Å². The minimum Gasteiger partial charge on any atom is -0.490 e. The van der Waals surface area contributed by atoms with Gasteiger partial charge in [-0.05, 0) is 44.9 Å². The van der Waals surface area contributed by atoms with Gasteiger partial charge in [-0.3, -0.25) is 10.00 Å². The molecule has 0 aliphatic carbocycles. The summed E-state index contributed by atoms with van der Waals surface area (Å²) < 4.78 is 5.82. The van der Waals surface area contributed by atoms with E-state index in [0.717, 1.165) is 55.7 Å². The highest BCUT2D eigenvalue weighted by molar-refractivity contribution is 7.99. The molecule has 0 saturated carbocycles. The molecule has 9 nitrogen and oxygen atoms in total. The molecule has 1 saturated heterocycles. The zero-order valence-corrected chi connectivity index (χ0v) is 20.5. The highest BCUT2D eigenvalue weighted by atomic mass is 32.2. The van der Waals surface area contributed by atoms with Crippen LogP contribution in [0.5, 0.6) is 5.75 Å². The van der Waals surface area contributed by atoms with Crippen molar-refractivity contribution in [1.29, 1.82) is 0 Å². The number of aryl methyl sites for hydroxylation is 1. The Morgan fingerprint density at radius 2 is 1.88 bits per heavy atom. The van der Waals surface area contributed by atoms with E-state index in [1.165, 1.54) is 11.8 Å². The van der Waals surface area contributed by atoms with E-state index in [-0.39, 0.29) is 0 Å². The zero-order valence-electron chi connectivity index (χ0n) is 19.7. The molecular weight excluding hydrogens is 436 g/mol. The van der Waals surface area contributed by atoms with Crippen molar-refractivity contribution >= 4 is 29.2 Å². The first kappa shape index (κ1) is 23.3. The lowest BCUT2D eigenvalue weighted by Crippen LogP contribution is -2.48. The molecule has 1 fully saturated rings. The lowest BCUT2D eigenvalue weighted by atomic mass is 10.3. The van der Waals surface area contributed by atoms with Crippen LogP contribution in [0.25, 0.3) is 0 Å². The van der Waals surface area contributed by atoms with Crippen LogP contribution in [0.1, 0.15) is 5.69 Å². The molecule has 3 aromatic rings. The number of nitrogens with one attached hydrogen (secondary N) is 2. The second-order valence-electron chi connectivity index (χ2n) is 8.32. The molecule has 3 heterocycles. The summed E-state index contributed by atoms with van der Waals surface area (Å²) in [5, 5.41) is 11.3. The van der Waals surface area contributed by atoms with E-state index in [1.807, 2.05) is 31.2 Å². The Bertz CT molecular complexity index is 1030. The zero-order chi connectivity index (χ0) is 23.2. The van der Waals surface area contributed by atoms with Crippen LogP contribution in [-0.4, -0.2) is 90.4 Å². The van der Waals surface area contributed by atoms with Crippen LogP contribution >= 0.6 is 11.8 Å². The van der Waals surface area contributed by atoms with E-state index >= 15 is 0 Å². The quantitative estimate of drug-likeness (QED) is 0.460. The van der Waals surface area contributed by atoms with Crippen molar-refractivity contribution in [2.75, 3.05) is 70.7 Å². The van der Waals surface area contributed by atoms with Gasteiger partial charge in [0, 0.05) is 55.9 Å². The lowest BCUT2D eigenvalue weighted by Gasteiger charge is -2.36. The van der Waals surface area contributed by atoms with Gasteiger partial charge in [-0.25, -0.2) is 9.97 Å². The van der Waals surface area contributed by atoms with Gasteiger partial charge in [0.15, 0.2) is 22.6 Å². The van der Waals surface area contributed by atoms with Crippen molar-refractivity contribution in [1.82, 2.24) is 30.0 Å². The maximum absolute atomic E-state index is 5.82. The van der Waals surface area contributed by atoms with Gasteiger partial charge in [0.2, 0.25) is 5.75 Å². The molecule has 33 heavy (non-hydrogen) atoms. The predicted molar refractivity (Wildman–Crippen MR) is 133 cm³/mol. The molecule has 2 N–H and O–H groups in total. The molecule has 0 atom stereocenters. The van der Waals surface area contributed by atoms with Crippen LogP contribution in [0.2, 0.25) is 0 Å². The summed E-state index contributed by atoms with van der Waals surface area (Å²) in [6.45, 7) is 7.85. The van der Waals surface area contributed by atoms with Crippen molar-refractivity contribution in [2.45, 2.75) is 17.0 Å². The number of nitrogens with zero attached hydrogens (tertiary/aromatic N) is 6. The number of hydrogen-bond acceptors (Lipinski definition) is 9. The fraction of sp³-hybridized carbons (Fsp3) is 0.435. The number of methoxy groups -OCH3 is 1. The number of piperazine rings is 1. The summed E-state index contributed by atoms with van der Waals surface area (Å²) in [4.78, 5) is 17.8. The van der Waals surface area contributed by atoms with Crippen molar-refractivity contribution < 1.29 is 4.74 Å². The average molecular weight is 469 g/mol. The Morgan fingerprint density at radius 1 is 1.12 bits per heavy atom. The summed E-state index contributed by atoms with van der Waals surface area (Å²) >= 11 is 1.54. The summed E-state index contributed by atoms with van der Waals surface area (Å²) in [6.07, 6.45) is 0. The highest BCUT2D eigenvalue weighted by Crippen LogP contribution is 2.38. The van der Waals surface area contributed by atoms with Crippen LogP contribution < -0.4 is 15.0 Å². The van der Waals surface area contributed by atoms with Gasteiger partial charge in [0.05, 0.1) is 7.11 Å². The molecule has 1 aliphatic rings. The molecule has 176 valence electrons. The predicted octanol–water partition coefficient (Wildman–Crippen LogP) is 3.10. The van der Waals surface area contributed by atoms with E-state index in [4.69, 9.17) is 14.7 Å². The number of likely N-dealkylation sites (N-methyl/N-ethyl adjacent to an activating group) is 1. The Hall–Kier alpha value is -2.82. The number of benzene rings is 1. The molecule has 10 heteroatoms.